The lowest BCUT2D eigenvalue weighted by Crippen LogP contribution is -2.09. The molecule has 0 aliphatic heterocycles. The van der Waals surface area contributed by atoms with Crippen LogP contribution in [0.15, 0.2) is 12.7 Å². The van der Waals surface area contributed by atoms with Crippen molar-refractivity contribution in [3.05, 3.63) is 12.7 Å². The minimum Gasteiger partial charge on any atom is -0.317 e. The van der Waals surface area contributed by atoms with E-state index in [0.717, 1.165) is 13.1 Å². The second kappa shape index (κ2) is 15.9. The van der Waals surface area contributed by atoms with Crippen LogP contribution >= 0.6 is 0 Å². The average Bonchev–Trinajstić information content (AvgIpc) is 1.71. The Hall–Kier alpha value is -0.300. The fourth-order valence-corrected chi connectivity index (χ4v) is 0.250. The van der Waals surface area contributed by atoms with Gasteiger partial charge < -0.3 is 5.32 Å². The van der Waals surface area contributed by atoms with Crippen LogP contribution in [0.2, 0.25) is 0 Å². The van der Waals surface area contributed by atoms with E-state index in [9.17, 15) is 0 Å². The van der Waals surface area contributed by atoms with Crippen molar-refractivity contribution in [2.24, 2.45) is 0 Å². The normalized spacial score (nSPS) is 6.88. The van der Waals surface area contributed by atoms with Crippen molar-refractivity contribution in [2.75, 3.05) is 13.1 Å². The van der Waals surface area contributed by atoms with E-state index in [2.05, 4.69) is 25.7 Å². The highest BCUT2D eigenvalue weighted by Crippen LogP contribution is 1.47. The van der Waals surface area contributed by atoms with Crippen molar-refractivity contribution in [3.8, 4) is 0 Å². The Kier molecular flexibility index (Phi) is 21.1. The third kappa shape index (κ3) is 43.6. The molecule has 0 aliphatic carbocycles. The Morgan fingerprint density at radius 1 is 1.38 bits per heavy atom. The van der Waals surface area contributed by atoms with Crippen LogP contribution in [0.3, 0.4) is 0 Å². The fraction of sp³-hybridized carbons (Fsp3) is 0.714. The molecule has 0 bridgehead atoms. The summed E-state index contributed by atoms with van der Waals surface area (Å²) in [6, 6.07) is 0. The van der Waals surface area contributed by atoms with Crippen molar-refractivity contribution < 1.29 is 0 Å². The summed E-state index contributed by atoms with van der Waals surface area (Å²) in [5.41, 5.74) is 0. The van der Waals surface area contributed by atoms with Crippen LogP contribution < -0.4 is 5.32 Å². The molecule has 50 valence electrons. The molecule has 0 aromatic heterocycles. The van der Waals surface area contributed by atoms with Crippen LogP contribution in [0.4, 0.5) is 0 Å². The van der Waals surface area contributed by atoms with Gasteiger partial charge in [0.1, 0.15) is 0 Å². The Morgan fingerprint density at radius 2 is 1.62 bits per heavy atom. The molecule has 0 heterocycles. The molecule has 1 nitrogen and oxygen atoms in total. The smallest absolute Gasteiger partial charge is 0.00775 e. The van der Waals surface area contributed by atoms with Gasteiger partial charge in [-0.05, 0) is 20.0 Å². The van der Waals surface area contributed by atoms with Gasteiger partial charge >= 0.3 is 0 Å². The molecule has 0 aliphatic rings. The maximum atomic E-state index is 3.36. The molecular weight excluding hydrogens is 98.1 g/mol. The Balaban J connectivity index is 0. The molecular formula is C7H17N. The molecule has 1 N–H and O–H groups in total. The summed E-state index contributed by atoms with van der Waals surface area (Å²) in [6.45, 7) is 11.6. The van der Waals surface area contributed by atoms with Crippen LogP contribution in [0, 0.1) is 0 Å². The van der Waals surface area contributed by atoms with Gasteiger partial charge in [-0.1, -0.05) is 19.9 Å². The van der Waals surface area contributed by atoms with Crippen molar-refractivity contribution in [1.82, 2.24) is 5.32 Å². The monoisotopic (exact) mass is 115 g/mol. The first-order valence-corrected chi connectivity index (χ1v) is 3.11. The highest BCUT2D eigenvalue weighted by atomic mass is 14.8. The molecule has 8 heavy (non-hydrogen) atoms. The van der Waals surface area contributed by atoms with E-state index in [1.54, 1.807) is 6.08 Å². The van der Waals surface area contributed by atoms with E-state index >= 15 is 0 Å². The molecule has 0 atom stereocenters. The molecule has 0 aromatic carbocycles. The van der Waals surface area contributed by atoms with Crippen molar-refractivity contribution in [3.63, 3.8) is 0 Å². The number of nitrogens with one attached hydrogen (secondary N) is 1. The van der Waals surface area contributed by atoms with Gasteiger partial charge in [0.05, 0.1) is 0 Å². The van der Waals surface area contributed by atoms with Crippen molar-refractivity contribution in [1.29, 1.82) is 0 Å². The van der Waals surface area contributed by atoms with E-state index in [1.807, 2.05) is 6.92 Å². The number of hydrogen-bond acceptors (Lipinski definition) is 1. The lowest BCUT2D eigenvalue weighted by atomic mass is 10.7. The Bertz CT molecular complexity index is 31.4. The van der Waals surface area contributed by atoms with Gasteiger partial charge in [-0.3, -0.25) is 0 Å². The summed E-state index contributed by atoms with van der Waals surface area (Å²) in [6.07, 6.45) is 1.75. The molecule has 0 radical (unpaired) electrons. The van der Waals surface area contributed by atoms with Gasteiger partial charge in [0, 0.05) is 0 Å². The quantitative estimate of drug-likeness (QED) is 0.541. The summed E-state index contributed by atoms with van der Waals surface area (Å²) in [4.78, 5) is 0. The van der Waals surface area contributed by atoms with Crippen LogP contribution in [-0.2, 0) is 0 Å². The maximum Gasteiger partial charge on any atom is -0.00775 e. The minimum absolute atomic E-state index is 1.09. The van der Waals surface area contributed by atoms with Crippen LogP contribution in [0.5, 0.6) is 0 Å². The van der Waals surface area contributed by atoms with Crippen LogP contribution in [-0.4, -0.2) is 13.1 Å². The molecule has 1 heteroatoms. The lowest BCUT2D eigenvalue weighted by Gasteiger charge is -1.86. The highest BCUT2D eigenvalue weighted by molar-refractivity contribution is 4.51. The largest absolute Gasteiger partial charge is 0.317 e. The van der Waals surface area contributed by atoms with Gasteiger partial charge in [-0.15, -0.1) is 6.58 Å². The van der Waals surface area contributed by atoms with Crippen molar-refractivity contribution in [2.45, 2.75) is 20.8 Å². The SMILES string of the molecule is C=CC.CCNCC. The summed E-state index contributed by atoms with van der Waals surface area (Å²) < 4.78 is 0. The van der Waals surface area contributed by atoms with E-state index in [4.69, 9.17) is 0 Å². The average molecular weight is 115 g/mol. The van der Waals surface area contributed by atoms with E-state index in [-0.39, 0.29) is 0 Å². The zero-order valence-corrected chi connectivity index (χ0v) is 6.20. The highest BCUT2D eigenvalue weighted by Gasteiger charge is 1.62. The Labute approximate surface area is 52.8 Å². The maximum absolute atomic E-state index is 3.36. The zero-order chi connectivity index (χ0) is 6.83. The molecule has 0 fully saturated rings. The summed E-state index contributed by atoms with van der Waals surface area (Å²) in [5.74, 6) is 0. The number of hydrogen-bond donors (Lipinski definition) is 1. The first-order chi connectivity index (χ1) is 3.83. The first-order valence-electron chi connectivity index (χ1n) is 3.11. The Morgan fingerprint density at radius 3 is 1.62 bits per heavy atom. The number of allylic oxidation sites excluding steroid dienone is 1. The van der Waals surface area contributed by atoms with E-state index < -0.39 is 0 Å². The molecule has 0 spiro atoms. The summed E-state index contributed by atoms with van der Waals surface area (Å²) in [7, 11) is 0. The fourth-order valence-electron chi connectivity index (χ4n) is 0.250. The molecule has 0 saturated heterocycles. The lowest BCUT2D eigenvalue weighted by molar-refractivity contribution is 0.762. The van der Waals surface area contributed by atoms with Gasteiger partial charge in [0.15, 0.2) is 0 Å². The van der Waals surface area contributed by atoms with Crippen molar-refractivity contribution >= 4 is 0 Å². The second-order valence-corrected chi connectivity index (χ2v) is 1.37. The predicted molar refractivity (Wildman–Crippen MR) is 40.1 cm³/mol. The molecule has 0 saturated carbocycles. The third-order valence-corrected chi connectivity index (χ3v) is 0.500. The van der Waals surface area contributed by atoms with Gasteiger partial charge in [0.2, 0.25) is 0 Å². The minimum atomic E-state index is 1.09. The molecule has 0 amide bonds. The standard InChI is InChI=1S/C4H11N.C3H6/c1-3-5-4-2;1-3-2/h5H,3-4H2,1-2H3;3H,1H2,2H3. The third-order valence-electron chi connectivity index (χ3n) is 0.500. The van der Waals surface area contributed by atoms with Gasteiger partial charge in [-0.25, -0.2) is 0 Å². The van der Waals surface area contributed by atoms with Gasteiger partial charge in [-0.2, -0.15) is 0 Å². The summed E-state index contributed by atoms with van der Waals surface area (Å²) in [5, 5.41) is 3.11. The summed E-state index contributed by atoms with van der Waals surface area (Å²) >= 11 is 0. The second-order valence-electron chi connectivity index (χ2n) is 1.37. The van der Waals surface area contributed by atoms with E-state index in [1.165, 1.54) is 0 Å². The molecule has 0 rings (SSSR count). The topological polar surface area (TPSA) is 12.0 Å². The predicted octanol–water partition coefficient (Wildman–Crippen LogP) is 1.81. The van der Waals surface area contributed by atoms with Crippen LogP contribution in [0.1, 0.15) is 20.8 Å². The molecule has 0 aromatic rings. The van der Waals surface area contributed by atoms with Gasteiger partial charge in [0.25, 0.3) is 0 Å². The number of rotatable bonds is 2. The van der Waals surface area contributed by atoms with Crippen LogP contribution in [0.25, 0.3) is 0 Å². The first kappa shape index (κ1) is 10.6. The van der Waals surface area contributed by atoms with E-state index in [0.29, 0.717) is 0 Å². The zero-order valence-electron chi connectivity index (χ0n) is 6.20. The molecule has 0 unspecified atom stereocenters.